The molecule has 1 aliphatic rings. The van der Waals surface area contributed by atoms with Gasteiger partial charge in [0.25, 0.3) is 0 Å². The van der Waals surface area contributed by atoms with Crippen molar-refractivity contribution in [3.63, 3.8) is 0 Å². The maximum Gasteiger partial charge on any atom is 0.332 e. The third-order valence-corrected chi connectivity index (χ3v) is 1.84. The zero-order chi connectivity index (χ0) is 10.1. The summed E-state index contributed by atoms with van der Waals surface area (Å²) in [7, 11) is 0. The van der Waals surface area contributed by atoms with Crippen LogP contribution in [0.2, 0.25) is 0 Å². The first-order valence-corrected chi connectivity index (χ1v) is 4.13. The van der Waals surface area contributed by atoms with Crippen LogP contribution in [-0.2, 0) is 0 Å². The van der Waals surface area contributed by atoms with Crippen molar-refractivity contribution >= 4 is 5.69 Å². The van der Waals surface area contributed by atoms with Crippen molar-refractivity contribution in [2.75, 3.05) is 0 Å². The highest BCUT2D eigenvalue weighted by molar-refractivity contribution is 5.44. The number of pyridine rings is 1. The molecule has 1 fully saturated rings. The molecule has 1 heterocycles. The second-order valence-electron chi connectivity index (χ2n) is 3.04. The predicted octanol–water partition coefficient (Wildman–Crippen LogP) is 1.67. The van der Waals surface area contributed by atoms with Crippen molar-refractivity contribution in [3.05, 3.63) is 28.3 Å². The van der Waals surface area contributed by atoms with Gasteiger partial charge in [-0.1, -0.05) is 0 Å². The van der Waals surface area contributed by atoms with Gasteiger partial charge in [0.2, 0.25) is 5.75 Å². The van der Waals surface area contributed by atoms with Crippen LogP contribution in [0, 0.1) is 15.9 Å². The number of rotatable bonds is 3. The van der Waals surface area contributed by atoms with E-state index in [1.165, 1.54) is 0 Å². The average Bonchev–Trinajstić information content (AvgIpc) is 2.91. The molecule has 0 aromatic carbocycles. The fraction of sp³-hybridized carbons (Fsp3) is 0.375. The highest BCUT2D eigenvalue weighted by Gasteiger charge is 2.29. The normalized spacial score (nSPS) is 15.2. The standard InChI is InChI=1S/C8H7FN2O3/c9-6-3-10-4-7(11(12)13)8(6)14-5-1-2-5/h3-5H,1-2H2. The molecule has 1 saturated carbocycles. The van der Waals surface area contributed by atoms with Crippen LogP contribution in [0.25, 0.3) is 0 Å². The first-order valence-electron chi connectivity index (χ1n) is 4.13. The average molecular weight is 198 g/mol. The Morgan fingerprint density at radius 2 is 2.29 bits per heavy atom. The van der Waals surface area contributed by atoms with Gasteiger partial charge in [-0.3, -0.25) is 15.1 Å². The maximum absolute atomic E-state index is 13.1. The molecule has 2 rings (SSSR count). The van der Waals surface area contributed by atoms with Gasteiger partial charge in [0.05, 0.1) is 17.2 Å². The molecule has 0 spiro atoms. The molecule has 6 heteroatoms. The summed E-state index contributed by atoms with van der Waals surface area (Å²) in [5.74, 6) is -1.08. The Morgan fingerprint density at radius 1 is 1.57 bits per heavy atom. The van der Waals surface area contributed by atoms with Crippen molar-refractivity contribution in [1.29, 1.82) is 0 Å². The van der Waals surface area contributed by atoms with Crippen molar-refractivity contribution in [2.45, 2.75) is 18.9 Å². The summed E-state index contributed by atoms with van der Waals surface area (Å²) < 4.78 is 18.2. The number of aromatic nitrogens is 1. The lowest BCUT2D eigenvalue weighted by Gasteiger charge is -2.04. The van der Waals surface area contributed by atoms with E-state index in [1.807, 2.05) is 0 Å². The monoisotopic (exact) mass is 198 g/mol. The molecule has 74 valence electrons. The third-order valence-electron chi connectivity index (χ3n) is 1.84. The van der Waals surface area contributed by atoms with E-state index in [1.54, 1.807) is 0 Å². The minimum Gasteiger partial charge on any atom is -0.481 e. The Kier molecular flexibility index (Phi) is 2.03. The summed E-state index contributed by atoms with van der Waals surface area (Å²) in [4.78, 5) is 13.2. The molecule has 0 N–H and O–H groups in total. The molecule has 0 radical (unpaired) electrons. The van der Waals surface area contributed by atoms with Crippen molar-refractivity contribution in [3.8, 4) is 5.75 Å². The number of nitro groups is 1. The summed E-state index contributed by atoms with van der Waals surface area (Å²) in [5.41, 5.74) is -0.420. The highest BCUT2D eigenvalue weighted by Crippen LogP contribution is 2.34. The van der Waals surface area contributed by atoms with E-state index >= 15 is 0 Å². The summed E-state index contributed by atoms with van der Waals surface area (Å²) in [6.45, 7) is 0. The highest BCUT2D eigenvalue weighted by atomic mass is 19.1. The lowest BCUT2D eigenvalue weighted by atomic mass is 10.4. The molecule has 0 aliphatic heterocycles. The third kappa shape index (κ3) is 1.63. The first-order chi connectivity index (χ1) is 6.68. The molecule has 1 aromatic heterocycles. The van der Waals surface area contributed by atoms with Crippen LogP contribution in [0.4, 0.5) is 10.1 Å². The Morgan fingerprint density at radius 3 is 2.86 bits per heavy atom. The van der Waals surface area contributed by atoms with Gasteiger partial charge in [0, 0.05) is 0 Å². The van der Waals surface area contributed by atoms with Crippen molar-refractivity contribution in [1.82, 2.24) is 4.98 Å². The van der Waals surface area contributed by atoms with Crippen LogP contribution in [0.1, 0.15) is 12.8 Å². The second-order valence-corrected chi connectivity index (χ2v) is 3.04. The van der Waals surface area contributed by atoms with Crippen molar-refractivity contribution < 1.29 is 14.1 Å². The molecule has 5 nitrogen and oxygen atoms in total. The Hall–Kier alpha value is -1.72. The lowest BCUT2D eigenvalue weighted by molar-refractivity contribution is -0.386. The molecule has 0 saturated heterocycles. The van der Waals surface area contributed by atoms with Gasteiger partial charge >= 0.3 is 5.69 Å². The number of ether oxygens (including phenoxy) is 1. The fourth-order valence-corrected chi connectivity index (χ4v) is 1.01. The zero-order valence-corrected chi connectivity index (χ0v) is 7.14. The molecule has 0 bridgehead atoms. The van der Waals surface area contributed by atoms with Gasteiger partial charge in [0.15, 0.2) is 5.82 Å². The Bertz CT molecular complexity index is 379. The quantitative estimate of drug-likeness (QED) is 0.547. The fourth-order valence-electron chi connectivity index (χ4n) is 1.01. The minimum atomic E-state index is -0.786. The van der Waals surface area contributed by atoms with Gasteiger partial charge in [-0.15, -0.1) is 0 Å². The summed E-state index contributed by atoms with van der Waals surface area (Å²) in [6.07, 6.45) is 3.45. The van der Waals surface area contributed by atoms with Gasteiger partial charge < -0.3 is 4.74 Å². The van der Waals surface area contributed by atoms with E-state index in [0.717, 1.165) is 25.2 Å². The second kappa shape index (κ2) is 3.21. The largest absolute Gasteiger partial charge is 0.481 e. The number of nitrogens with zero attached hydrogens (tertiary/aromatic N) is 2. The van der Waals surface area contributed by atoms with E-state index in [-0.39, 0.29) is 11.9 Å². The SMILES string of the molecule is O=[N+]([O-])c1cncc(F)c1OC1CC1. The summed E-state index contributed by atoms with van der Waals surface area (Å²) in [5, 5.41) is 10.5. The van der Waals surface area contributed by atoms with E-state index in [2.05, 4.69) is 4.98 Å². The molecule has 0 atom stereocenters. The van der Waals surface area contributed by atoms with Crippen LogP contribution in [0.3, 0.4) is 0 Å². The van der Waals surface area contributed by atoms with Crippen LogP contribution in [-0.4, -0.2) is 16.0 Å². The zero-order valence-electron chi connectivity index (χ0n) is 7.14. The van der Waals surface area contributed by atoms with E-state index in [9.17, 15) is 14.5 Å². The number of halogens is 1. The lowest BCUT2D eigenvalue weighted by Crippen LogP contribution is -2.03. The van der Waals surface area contributed by atoms with Gasteiger partial charge in [-0.25, -0.2) is 4.39 Å². The summed E-state index contributed by atoms with van der Waals surface area (Å²) >= 11 is 0. The molecule has 0 unspecified atom stereocenters. The Balaban J connectivity index is 2.36. The molecule has 0 amide bonds. The minimum absolute atomic E-state index is 0.0781. The molecule has 1 aromatic rings. The van der Waals surface area contributed by atoms with Crippen LogP contribution in [0.5, 0.6) is 5.75 Å². The van der Waals surface area contributed by atoms with Gasteiger partial charge in [-0.2, -0.15) is 0 Å². The smallest absolute Gasteiger partial charge is 0.332 e. The van der Waals surface area contributed by atoms with Gasteiger partial charge in [-0.05, 0) is 12.8 Å². The van der Waals surface area contributed by atoms with E-state index in [0.29, 0.717) is 0 Å². The van der Waals surface area contributed by atoms with Gasteiger partial charge in [0.1, 0.15) is 6.20 Å². The molecule has 1 aliphatic carbocycles. The number of hydrogen-bond acceptors (Lipinski definition) is 4. The number of hydrogen-bond donors (Lipinski definition) is 0. The topological polar surface area (TPSA) is 65.3 Å². The molecule has 14 heavy (non-hydrogen) atoms. The van der Waals surface area contributed by atoms with E-state index in [4.69, 9.17) is 4.74 Å². The van der Waals surface area contributed by atoms with E-state index < -0.39 is 16.4 Å². The summed E-state index contributed by atoms with van der Waals surface area (Å²) in [6, 6.07) is 0. The predicted molar refractivity (Wildman–Crippen MR) is 44.5 cm³/mol. The Labute approximate surface area is 78.7 Å². The van der Waals surface area contributed by atoms with Crippen LogP contribution >= 0.6 is 0 Å². The van der Waals surface area contributed by atoms with Crippen LogP contribution < -0.4 is 4.74 Å². The van der Waals surface area contributed by atoms with Crippen LogP contribution in [0.15, 0.2) is 12.4 Å². The molecular weight excluding hydrogens is 191 g/mol. The maximum atomic E-state index is 13.1. The van der Waals surface area contributed by atoms with Crippen molar-refractivity contribution in [2.24, 2.45) is 0 Å². The molecular formula is C8H7FN2O3. The first kappa shape index (κ1) is 8.86.